The molecule has 3 aromatic rings. The predicted molar refractivity (Wildman–Crippen MR) is 122 cm³/mol. The van der Waals surface area contributed by atoms with E-state index >= 15 is 0 Å². The van der Waals surface area contributed by atoms with Gasteiger partial charge in [-0.1, -0.05) is 47.5 Å². The molecule has 0 amide bonds. The van der Waals surface area contributed by atoms with Gasteiger partial charge >= 0.3 is 0 Å². The molecule has 0 unspecified atom stereocenters. The summed E-state index contributed by atoms with van der Waals surface area (Å²) in [6.45, 7) is 4.20. The number of aromatic nitrogens is 2. The number of rotatable bonds is 5. The SMILES string of the molecule is COc1cc(C2=N[C@@](C)(c3ccc(Cl)cc3)[C@](C)(c3ccc(Cl)cc3)N2)c(OC)nn1. The summed E-state index contributed by atoms with van der Waals surface area (Å²) in [5.74, 6) is 1.35. The number of benzene rings is 2. The van der Waals surface area contributed by atoms with Crippen LogP contribution in [0, 0.1) is 0 Å². The second-order valence-electron chi connectivity index (χ2n) is 7.61. The average molecular weight is 457 g/mol. The molecule has 6 nitrogen and oxygen atoms in total. The lowest BCUT2D eigenvalue weighted by molar-refractivity contribution is 0.268. The van der Waals surface area contributed by atoms with Gasteiger partial charge in [0.25, 0.3) is 0 Å². The molecule has 1 aliphatic heterocycles. The Kier molecular flexibility index (Phi) is 5.54. The molecule has 2 aromatic carbocycles. The summed E-state index contributed by atoms with van der Waals surface area (Å²) in [5.41, 5.74) is 1.41. The molecule has 0 spiro atoms. The normalized spacial score (nSPS) is 22.6. The zero-order valence-electron chi connectivity index (χ0n) is 17.6. The third-order valence-corrected chi connectivity index (χ3v) is 6.40. The van der Waals surface area contributed by atoms with Gasteiger partial charge in [0.15, 0.2) is 0 Å². The van der Waals surface area contributed by atoms with Crippen LogP contribution in [0.3, 0.4) is 0 Å². The van der Waals surface area contributed by atoms with Crippen LogP contribution in [-0.2, 0) is 11.1 Å². The van der Waals surface area contributed by atoms with Crippen molar-refractivity contribution in [3.8, 4) is 11.8 Å². The lowest BCUT2D eigenvalue weighted by Gasteiger charge is -2.40. The van der Waals surface area contributed by atoms with Crippen LogP contribution in [0.25, 0.3) is 0 Å². The van der Waals surface area contributed by atoms with Gasteiger partial charge in [0.2, 0.25) is 11.8 Å². The maximum absolute atomic E-state index is 6.16. The summed E-state index contributed by atoms with van der Waals surface area (Å²) >= 11 is 12.3. The number of amidine groups is 1. The fourth-order valence-corrected chi connectivity index (χ4v) is 4.15. The first-order chi connectivity index (χ1) is 14.8. The van der Waals surface area contributed by atoms with E-state index in [0.29, 0.717) is 33.2 Å². The Bertz CT molecular complexity index is 1140. The number of halogens is 2. The fraction of sp³-hybridized carbons (Fsp3) is 0.261. The Morgan fingerprint density at radius 3 is 1.94 bits per heavy atom. The van der Waals surface area contributed by atoms with Crippen molar-refractivity contribution in [2.45, 2.75) is 24.9 Å². The van der Waals surface area contributed by atoms with Gasteiger partial charge in [-0.05, 0) is 49.2 Å². The van der Waals surface area contributed by atoms with E-state index < -0.39 is 11.1 Å². The van der Waals surface area contributed by atoms with Crippen LogP contribution in [0.4, 0.5) is 0 Å². The van der Waals surface area contributed by atoms with E-state index in [1.165, 1.54) is 0 Å². The summed E-state index contributed by atoms with van der Waals surface area (Å²) in [4.78, 5) is 5.15. The van der Waals surface area contributed by atoms with Crippen molar-refractivity contribution in [3.05, 3.63) is 81.3 Å². The number of aliphatic imine (C=N–C) groups is 1. The second-order valence-corrected chi connectivity index (χ2v) is 8.48. The lowest BCUT2D eigenvalue weighted by Crippen LogP contribution is -2.50. The zero-order valence-corrected chi connectivity index (χ0v) is 19.1. The Balaban J connectivity index is 1.92. The summed E-state index contributed by atoms with van der Waals surface area (Å²) in [6.07, 6.45) is 0. The van der Waals surface area contributed by atoms with E-state index in [1.54, 1.807) is 20.3 Å². The molecule has 160 valence electrons. The molecular weight excluding hydrogens is 435 g/mol. The highest BCUT2D eigenvalue weighted by Crippen LogP contribution is 2.48. The Labute approximate surface area is 191 Å². The number of hydrogen-bond donors (Lipinski definition) is 1. The minimum Gasteiger partial charge on any atom is -0.480 e. The van der Waals surface area contributed by atoms with Gasteiger partial charge in [-0.3, -0.25) is 4.99 Å². The van der Waals surface area contributed by atoms with Crippen LogP contribution in [0.1, 0.15) is 30.5 Å². The van der Waals surface area contributed by atoms with E-state index in [2.05, 4.69) is 29.4 Å². The molecule has 0 bridgehead atoms. The van der Waals surface area contributed by atoms with Crippen molar-refractivity contribution in [1.82, 2.24) is 15.5 Å². The minimum atomic E-state index is -0.678. The summed E-state index contributed by atoms with van der Waals surface area (Å²) in [7, 11) is 3.09. The van der Waals surface area contributed by atoms with E-state index in [-0.39, 0.29) is 0 Å². The van der Waals surface area contributed by atoms with Crippen LogP contribution in [-0.4, -0.2) is 30.3 Å². The Morgan fingerprint density at radius 1 is 0.806 bits per heavy atom. The van der Waals surface area contributed by atoms with Gasteiger partial charge in [0.1, 0.15) is 11.4 Å². The van der Waals surface area contributed by atoms with Crippen LogP contribution in [0.5, 0.6) is 11.8 Å². The maximum Gasteiger partial charge on any atom is 0.244 e. The molecule has 2 atom stereocenters. The number of nitrogens with zero attached hydrogens (tertiary/aromatic N) is 3. The second kappa shape index (κ2) is 8.02. The van der Waals surface area contributed by atoms with Gasteiger partial charge in [0.05, 0.1) is 25.3 Å². The molecule has 1 aliphatic rings. The number of hydrogen-bond acceptors (Lipinski definition) is 6. The first-order valence-corrected chi connectivity index (χ1v) is 10.4. The highest BCUT2D eigenvalue weighted by Gasteiger charge is 2.52. The number of methoxy groups -OCH3 is 2. The fourth-order valence-electron chi connectivity index (χ4n) is 3.90. The van der Waals surface area contributed by atoms with Crippen LogP contribution in [0.15, 0.2) is 59.6 Å². The molecular formula is C23H22Cl2N4O2. The molecule has 2 heterocycles. The Morgan fingerprint density at radius 2 is 1.39 bits per heavy atom. The van der Waals surface area contributed by atoms with Crippen molar-refractivity contribution in [3.63, 3.8) is 0 Å². The molecule has 4 rings (SSSR count). The quantitative estimate of drug-likeness (QED) is 0.585. The first kappa shape index (κ1) is 21.4. The van der Waals surface area contributed by atoms with Crippen molar-refractivity contribution in [2.24, 2.45) is 4.99 Å². The van der Waals surface area contributed by atoms with Gasteiger partial charge in [-0.25, -0.2) is 0 Å². The molecule has 0 aliphatic carbocycles. The van der Waals surface area contributed by atoms with Gasteiger partial charge in [-0.2, -0.15) is 0 Å². The molecule has 0 fully saturated rings. The van der Waals surface area contributed by atoms with Crippen molar-refractivity contribution in [2.75, 3.05) is 14.2 Å². The molecule has 0 radical (unpaired) electrons. The van der Waals surface area contributed by atoms with Crippen LogP contribution in [0.2, 0.25) is 10.0 Å². The molecule has 31 heavy (non-hydrogen) atoms. The zero-order chi connectivity index (χ0) is 22.2. The molecule has 0 saturated heterocycles. The van der Waals surface area contributed by atoms with E-state index in [1.807, 2.05) is 48.5 Å². The smallest absolute Gasteiger partial charge is 0.244 e. The van der Waals surface area contributed by atoms with Crippen LogP contribution >= 0.6 is 23.2 Å². The summed E-state index contributed by atoms with van der Waals surface area (Å²) in [6, 6.07) is 17.2. The standard InChI is InChI=1S/C23H22Cl2N4O2/c1-22(14-5-9-16(24)10-6-14)23(2,15-7-11-17(25)12-8-15)27-20(26-22)18-13-19(30-3)28-29-21(18)31-4/h5-13H,1-4H3,(H,26,27)/t22-,23-/m0/s1. The van der Waals surface area contributed by atoms with Gasteiger partial charge < -0.3 is 14.8 Å². The van der Waals surface area contributed by atoms with Crippen molar-refractivity contribution >= 4 is 29.0 Å². The average Bonchev–Trinajstić information content (AvgIpc) is 3.06. The topological polar surface area (TPSA) is 68.6 Å². The van der Waals surface area contributed by atoms with Gasteiger partial charge in [0, 0.05) is 16.1 Å². The predicted octanol–water partition coefficient (Wildman–Crippen LogP) is 4.98. The monoisotopic (exact) mass is 456 g/mol. The third kappa shape index (κ3) is 3.60. The molecule has 1 aromatic heterocycles. The molecule has 1 N–H and O–H groups in total. The summed E-state index contributed by atoms with van der Waals surface area (Å²) < 4.78 is 10.7. The number of nitrogens with one attached hydrogen (secondary N) is 1. The van der Waals surface area contributed by atoms with E-state index in [0.717, 1.165) is 11.1 Å². The van der Waals surface area contributed by atoms with E-state index in [9.17, 15) is 0 Å². The summed E-state index contributed by atoms with van der Waals surface area (Å²) in [5, 5.41) is 13.1. The highest BCUT2D eigenvalue weighted by atomic mass is 35.5. The van der Waals surface area contributed by atoms with Crippen molar-refractivity contribution < 1.29 is 9.47 Å². The molecule has 0 saturated carbocycles. The largest absolute Gasteiger partial charge is 0.480 e. The van der Waals surface area contributed by atoms with Crippen molar-refractivity contribution in [1.29, 1.82) is 0 Å². The van der Waals surface area contributed by atoms with E-state index in [4.69, 9.17) is 37.7 Å². The minimum absolute atomic E-state index is 0.353. The maximum atomic E-state index is 6.16. The van der Waals surface area contributed by atoms with Crippen LogP contribution < -0.4 is 14.8 Å². The number of ether oxygens (including phenoxy) is 2. The van der Waals surface area contributed by atoms with Gasteiger partial charge in [-0.15, -0.1) is 10.2 Å². The highest BCUT2D eigenvalue weighted by molar-refractivity contribution is 6.30. The molecule has 8 heteroatoms. The Hall–Kier alpha value is -2.83. The first-order valence-electron chi connectivity index (χ1n) is 9.67. The third-order valence-electron chi connectivity index (χ3n) is 5.90. The lowest BCUT2D eigenvalue weighted by atomic mass is 9.72.